The predicted octanol–water partition coefficient (Wildman–Crippen LogP) is 3.58. The third-order valence-corrected chi connectivity index (χ3v) is 2.98. The molecule has 0 N–H and O–H groups in total. The van der Waals surface area contributed by atoms with Crippen molar-refractivity contribution < 1.29 is 19.0 Å². The van der Waals surface area contributed by atoms with E-state index in [1.54, 1.807) is 42.5 Å². The molecular formula is C15H13ClO4. The molecule has 0 aromatic heterocycles. The monoisotopic (exact) mass is 292 g/mol. The van der Waals surface area contributed by atoms with Crippen molar-refractivity contribution in [2.45, 2.75) is 0 Å². The molecule has 0 bridgehead atoms. The normalized spacial score (nSPS) is 9.95. The Balaban J connectivity index is 2.27. The Morgan fingerprint density at radius 3 is 2.40 bits per heavy atom. The van der Waals surface area contributed by atoms with Crippen molar-refractivity contribution in [1.82, 2.24) is 0 Å². The van der Waals surface area contributed by atoms with Gasteiger partial charge in [0.2, 0.25) is 0 Å². The number of rotatable bonds is 4. The van der Waals surface area contributed by atoms with Gasteiger partial charge < -0.3 is 14.2 Å². The Morgan fingerprint density at radius 1 is 1.00 bits per heavy atom. The summed E-state index contributed by atoms with van der Waals surface area (Å²) in [4.78, 5) is 12.1. The molecule has 0 aliphatic carbocycles. The number of ether oxygens (including phenoxy) is 3. The average molecular weight is 293 g/mol. The van der Waals surface area contributed by atoms with Gasteiger partial charge in [-0.15, -0.1) is 0 Å². The van der Waals surface area contributed by atoms with Gasteiger partial charge in [0.05, 0.1) is 19.2 Å². The number of halogens is 1. The summed E-state index contributed by atoms with van der Waals surface area (Å²) in [5.74, 6) is 0.729. The summed E-state index contributed by atoms with van der Waals surface area (Å²) in [7, 11) is 3.01. The lowest BCUT2D eigenvalue weighted by Gasteiger charge is -2.10. The van der Waals surface area contributed by atoms with E-state index in [0.717, 1.165) is 0 Å². The number of methoxy groups -OCH3 is 2. The summed E-state index contributed by atoms with van der Waals surface area (Å²) in [5.41, 5.74) is 0.299. The topological polar surface area (TPSA) is 44.8 Å². The number of esters is 1. The van der Waals surface area contributed by atoms with Gasteiger partial charge in [-0.05, 0) is 24.3 Å². The van der Waals surface area contributed by atoms with Crippen LogP contribution in [-0.2, 0) is 0 Å². The van der Waals surface area contributed by atoms with Gasteiger partial charge in [-0.2, -0.15) is 0 Å². The lowest BCUT2D eigenvalue weighted by atomic mass is 10.2. The summed E-state index contributed by atoms with van der Waals surface area (Å²) in [6.07, 6.45) is 0. The molecule has 0 fully saturated rings. The maximum absolute atomic E-state index is 12.1. The Labute approximate surface area is 121 Å². The highest BCUT2D eigenvalue weighted by molar-refractivity contribution is 6.32. The Bertz CT molecular complexity index is 625. The lowest BCUT2D eigenvalue weighted by molar-refractivity contribution is 0.0731. The van der Waals surface area contributed by atoms with Crippen molar-refractivity contribution in [3.63, 3.8) is 0 Å². The average Bonchev–Trinajstić information content (AvgIpc) is 2.48. The fraction of sp³-hybridized carbons (Fsp3) is 0.133. The highest BCUT2D eigenvalue weighted by Gasteiger charge is 2.16. The molecule has 0 saturated heterocycles. The van der Waals surface area contributed by atoms with Crippen molar-refractivity contribution in [2.24, 2.45) is 0 Å². The lowest BCUT2D eigenvalue weighted by Crippen LogP contribution is -2.10. The van der Waals surface area contributed by atoms with Gasteiger partial charge in [0, 0.05) is 6.07 Å². The molecule has 2 aromatic carbocycles. The van der Waals surface area contributed by atoms with Crippen molar-refractivity contribution in [3.05, 3.63) is 53.1 Å². The van der Waals surface area contributed by atoms with Gasteiger partial charge in [0.1, 0.15) is 22.8 Å². The molecule has 5 heteroatoms. The smallest absolute Gasteiger partial charge is 0.347 e. The molecule has 4 nitrogen and oxygen atoms in total. The molecule has 0 spiro atoms. The van der Waals surface area contributed by atoms with Crippen molar-refractivity contribution >= 4 is 17.6 Å². The van der Waals surface area contributed by atoms with Crippen LogP contribution >= 0.6 is 11.6 Å². The molecule has 0 saturated carbocycles. The second-order valence-electron chi connectivity index (χ2n) is 3.89. The zero-order valence-electron chi connectivity index (χ0n) is 11.1. The van der Waals surface area contributed by atoms with E-state index in [4.69, 9.17) is 25.8 Å². The Morgan fingerprint density at radius 2 is 1.75 bits per heavy atom. The maximum Gasteiger partial charge on any atom is 0.347 e. The first-order chi connectivity index (χ1) is 9.65. The van der Waals surface area contributed by atoms with Crippen molar-refractivity contribution in [1.29, 1.82) is 0 Å². The Hall–Kier alpha value is -2.20. The largest absolute Gasteiger partial charge is 0.497 e. The molecule has 0 aliphatic rings. The van der Waals surface area contributed by atoms with Crippen LogP contribution in [0, 0.1) is 0 Å². The van der Waals surface area contributed by atoms with E-state index in [1.165, 1.54) is 14.2 Å². The molecule has 0 radical (unpaired) electrons. The fourth-order valence-corrected chi connectivity index (χ4v) is 1.82. The van der Waals surface area contributed by atoms with Crippen LogP contribution in [0.4, 0.5) is 0 Å². The number of para-hydroxylation sites is 1. The van der Waals surface area contributed by atoms with Crippen LogP contribution in [-0.4, -0.2) is 20.2 Å². The molecule has 2 aromatic rings. The predicted molar refractivity (Wildman–Crippen MR) is 76.0 cm³/mol. The summed E-state index contributed by atoms with van der Waals surface area (Å²) in [5, 5.41) is 0.369. The first kappa shape index (κ1) is 14.2. The minimum Gasteiger partial charge on any atom is -0.497 e. The van der Waals surface area contributed by atoms with Crippen LogP contribution in [0.1, 0.15) is 10.4 Å². The molecule has 20 heavy (non-hydrogen) atoms. The summed E-state index contributed by atoms with van der Waals surface area (Å²) >= 11 is 5.95. The number of carbonyl (C=O) groups is 1. The van der Waals surface area contributed by atoms with Gasteiger partial charge >= 0.3 is 5.97 Å². The zero-order valence-corrected chi connectivity index (χ0v) is 11.8. The maximum atomic E-state index is 12.1. The van der Waals surface area contributed by atoms with E-state index < -0.39 is 5.97 Å². The number of hydrogen-bond donors (Lipinski definition) is 0. The molecular weight excluding hydrogens is 280 g/mol. The van der Waals surface area contributed by atoms with Gasteiger partial charge in [0.15, 0.2) is 0 Å². The van der Waals surface area contributed by atoms with Crippen LogP contribution in [0.5, 0.6) is 17.2 Å². The van der Waals surface area contributed by atoms with Crippen LogP contribution in [0.15, 0.2) is 42.5 Å². The first-order valence-electron chi connectivity index (χ1n) is 5.84. The second-order valence-corrected chi connectivity index (χ2v) is 4.29. The van der Waals surface area contributed by atoms with Crippen molar-refractivity contribution in [2.75, 3.05) is 14.2 Å². The van der Waals surface area contributed by atoms with Gasteiger partial charge in [-0.1, -0.05) is 23.7 Å². The van der Waals surface area contributed by atoms with Gasteiger partial charge in [0.25, 0.3) is 0 Å². The minimum absolute atomic E-state index is 0.299. The molecule has 0 amide bonds. The molecule has 0 heterocycles. The van der Waals surface area contributed by atoms with E-state index in [0.29, 0.717) is 27.8 Å². The van der Waals surface area contributed by atoms with Crippen LogP contribution < -0.4 is 14.2 Å². The van der Waals surface area contributed by atoms with Crippen LogP contribution in [0.2, 0.25) is 5.02 Å². The van der Waals surface area contributed by atoms with Crippen molar-refractivity contribution in [3.8, 4) is 17.2 Å². The second kappa shape index (κ2) is 6.30. The first-order valence-corrected chi connectivity index (χ1v) is 6.22. The highest BCUT2D eigenvalue weighted by Crippen LogP contribution is 2.28. The third kappa shape index (κ3) is 3.03. The molecule has 2 rings (SSSR count). The van der Waals surface area contributed by atoms with Gasteiger partial charge in [-0.25, -0.2) is 4.79 Å². The zero-order chi connectivity index (χ0) is 14.5. The summed E-state index contributed by atoms with van der Waals surface area (Å²) in [6.45, 7) is 0. The standard InChI is InChI=1S/C15H13ClO4/c1-18-10-7-8-11(14(9-10)19-2)15(17)20-13-6-4-3-5-12(13)16/h3-9H,1-2H3. The quantitative estimate of drug-likeness (QED) is 0.638. The van der Waals surface area contributed by atoms with Crippen LogP contribution in [0.25, 0.3) is 0 Å². The van der Waals surface area contributed by atoms with E-state index >= 15 is 0 Å². The highest BCUT2D eigenvalue weighted by atomic mass is 35.5. The molecule has 0 unspecified atom stereocenters. The SMILES string of the molecule is COc1ccc(C(=O)Oc2ccccc2Cl)c(OC)c1. The van der Waals surface area contributed by atoms with Crippen LogP contribution in [0.3, 0.4) is 0 Å². The fourth-order valence-electron chi connectivity index (χ4n) is 1.65. The molecule has 0 aliphatic heterocycles. The van der Waals surface area contributed by atoms with E-state index in [2.05, 4.69) is 0 Å². The number of carbonyl (C=O) groups excluding carboxylic acids is 1. The van der Waals surface area contributed by atoms with E-state index in [-0.39, 0.29) is 0 Å². The summed E-state index contributed by atoms with van der Waals surface area (Å²) < 4.78 is 15.5. The Kier molecular flexibility index (Phi) is 4.48. The third-order valence-electron chi connectivity index (χ3n) is 2.67. The number of benzene rings is 2. The molecule has 0 atom stereocenters. The minimum atomic E-state index is -0.544. The number of hydrogen-bond acceptors (Lipinski definition) is 4. The van der Waals surface area contributed by atoms with E-state index in [1.807, 2.05) is 0 Å². The molecule has 104 valence electrons. The van der Waals surface area contributed by atoms with E-state index in [9.17, 15) is 4.79 Å². The summed E-state index contributed by atoms with van der Waals surface area (Å²) in [6, 6.07) is 11.6. The van der Waals surface area contributed by atoms with Gasteiger partial charge in [-0.3, -0.25) is 0 Å².